The first-order chi connectivity index (χ1) is 11.8. The molecule has 6 nitrogen and oxygen atoms in total. The Morgan fingerprint density at radius 1 is 1.16 bits per heavy atom. The van der Waals surface area contributed by atoms with E-state index in [1.54, 1.807) is 12.1 Å². The summed E-state index contributed by atoms with van der Waals surface area (Å²) in [6.07, 6.45) is 0. The highest BCUT2D eigenvalue weighted by molar-refractivity contribution is 7.92. The normalized spacial score (nSPS) is 12.4. The molecule has 0 aliphatic heterocycles. The number of hydrogen-bond acceptors (Lipinski definition) is 4. The summed E-state index contributed by atoms with van der Waals surface area (Å²) < 4.78 is 32.2. The Bertz CT molecular complexity index is 834. The third-order valence-electron chi connectivity index (χ3n) is 3.48. The van der Waals surface area contributed by atoms with Crippen molar-refractivity contribution in [2.75, 3.05) is 10.9 Å². The van der Waals surface area contributed by atoms with Crippen LogP contribution < -0.4 is 9.04 Å². The standard InChI is InChI=1S/C17H18ClNO5S/c1-3-24-15-8-6-14(7-9-15)19(12(2)17(20)21)25(22,23)16-10-4-13(18)5-11-16/h4-12H,3H2,1-2H3,(H,20,21). The highest BCUT2D eigenvalue weighted by Crippen LogP contribution is 2.28. The summed E-state index contributed by atoms with van der Waals surface area (Å²) in [5, 5.41) is 9.74. The van der Waals surface area contributed by atoms with Crippen molar-refractivity contribution in [3.05, 3.63) is 53.6 Å². The summed E-state index contributed by atoms with van der Waals surface area (Å²) in [6, 6.07) is 10.5. The molecule has 8 heteroatoms. The molecule has 2 aromatic rings. The van der Waals surface area contributed by atoms with Gasteiger partial charge in [-0.15, -0.1) is 0 Å². The van der Waals surface area contributed by atoms with E-state index < -0.39 is 22.0 Å². The van der Waals surface area contributed by atoms with E-state index in [4.69, 9.17) is 16.3 Å². The van der Waals surface area contributed by atoms with Crippen molar-refractivity contribution in [1.29, 1.82) is 0 Å². The van der Waals surface area contributed by atoms with Gasteiger partial charge in [0.1, 0.15) is 11.8 Å². The summed E-state index contributed by atoms with van der Waals surface area (Å²) in [5.74, 6) is -0.690. The van der Waals surface area contributed by atoms with Crippen LogP contribution in [-0.4, -0.2) is 32.1 Å². The lowest BCUT2D eigenvalue weighted by Crippen LogP contribution is -2.43. The zero-order valence-electron chi connectivity index (χ0n) is 13.7. The lowest BCUT2D eigenvalue weighted by atomic mass is 10.2. The molecule has 0 radical (unpaired) electrons. The van der Waals surface area contributed by atoms with E-state index in [-0.39, 0.29) is 10.6 Å². The van der Waals surface area contributed by atoms with Crippen LogP contribution in [0.25, 0.3) is 0 Å². The van der Waals surface area contributed by atoms with Gasteiger partial charge in [0.15, 0.2) is 0 Å². The number of aliphatic carboxylic acids is 1. The molecule has 0 aromatic heterocycles. The first-order valence-corrected chi connectivity index (χ1v) is 9.35. The van der Waals surface area contributed by atoms with E-state index in [2.05, 4.69) is 0 Å². The monoisotopic (exact) mass is 383 g/mol. The first kappa shape index (κ1) is 19.1. The van der Waals surface area contributed by atoms with Gasteiger partial charge in [-0.25, -0.2) is 13.2 Å². The molecule has 0 aliphatic rings. The van der Waals surface area contributed by atoms with Crippen molar-refractivity contribution in [1.82, 2.24) is 0 Å². The predicted octanol–water partition coefficient (Wildman–Crippen LogP) is 3.41. The molecule has 0 bridgehead atoms. The Morgan fingerprint density at radius 3 is 2.20 bits per heavy atom. The molecule has 25 heavy (non-hydrogen) atoms. The highest BCUT2D eigenvalue weighted by Gasteiger charge is 2.33. The van der Waals surface area contributed by atoms with Crippen LogP contribution in [0.2, 0.25) is 5.02 Å². The Labute approximate surface area is 151 Å². The third kappa shape index (κ3) is 4.24. The van der Waals surface area contributed by atoms with Crippen LogP contribution in [0.3, 0.4) is 0 Å². The third-order valence-corrected chi connectivity index (χ3v) is 5.65. The van der Waals surface area contributed by atoms with Gasteiger partial charge in [-0.05, 0) is 62.4 Å². The maximum Gasteiger partial charge on any atom is 0.327 e. The molecule has 1 atom stereocenters. The Morgan fingerprint density at radius 2 is 1.72 bits per heavy atom. The lowest BCUT2D eigenvalue weighted by Gasteiger charge is -2.28. The number of rotatable bonds is 7. The van der Waals surface area contributed by atoms with E-state index in [1.165, 1.54) is 43.3 Å². The average Bonchev–Trinajstić information content (AvgIpc) is 2.57. The van der Waals surface area contributed by atoms with E-state index in [0.29, 0.717) is 17.4 Å². The molecular formula is C17H18ClNO5S. The number of carboxylic acids is 1. The van der Waals surface area contributed by atoms with Crippen molar-refractivity contribution < 1.29 is 23.1 Å². The van der Waals surface area contributed by atoms with Gasteiger partial charge in [0.25, 0.3) is 10.0 Å². The van der Waals surface area contributed by atoms with Gasteiger partial charge < -0.3 is 9.84 Å². The number of nitrogens with zero attached hydrogens (tertiary/aromatic N) is 1. The number of carbonyl (C=O) groups is 1. The molecule has 1 unspecified atom stereocenters. The van der Waals surface area contributed by atoms with Crippen molar-refractivity contribution in [2.24, 2.45) is 0 Å². The maximum atomic E-state index is 13.0. The minimum absolute atomic E-state index is 0.0427. The summed E-state index contributed by atoms with van der Waals surface area (Å²) in [5.41, 5.74) is 0.230. The van der Waals surface area contributed by atoms with E-state index in [9.17, 15) is 18.3 Å². The Hall–Kier alpha value is -2.25. The van der Waals surface area contributed by atoms with Crippen LogP contribution in [0.1, 0.15) is 13.8 Å². The topological polar surface area (TPSA) is 83.9 Å². The summed E-state index contributed by atoms with van der Waals surface area (Å²) in [7, 11) is -4.09. The fraction of sp³-hybridized carbons (Fsp3) is 0.235. The van der Waals surface area contributed by atoms with Crippen molar-refractivity contribution >= 4 is 33.3 Å². The van der Waals surface area contributed by atoms with Gasteiger partial charge in [0.2, 0.25) is 0 Å². The van der Waals surface area contributed by atoms with Crippen LogP contribution in [0.5, 0.6) is 5.75 Å². The van der Waals surface area contributed by atoms with Gasteiger partial charge in [-0.3, -0.25) is 4.31 Å². The van der Waals surface area contributed by atoms with Gasteiger partial charge in [0.05, 0.1) is 17.2 Å². The number of sulfonamides is 1. The molecule has 0 fully saturated rings. The minimum atomic E-state index is -4.09. The Kier molecular flexibility index (Phi) is 5.92. The summed E-state index contributed by atoms with van der Waals surface area (Å²) >= 11 is 5.80. The number of hydrogen-bond donors (Lipinski definition) is 1. The number of halogens is 1. The molecule has 0 amide bonds. The molecule has 0 aliphatic carbocycles. The minimum Gasteiger partial charge on any atom is -0.494 e. The highest BCUT2D eigenvalue weighted by atomic mass is 35.5. The zero-order valence-corrected chi connectivity index (χ0v) is 15.3. The summed E-state index contributed by atoms with van der Waals surface area (Å²) in [6.45, 7) is 3.61. The number of carboxylic acid groups (broad SMARTS) is 1. The van der Waals surface area contributed by atoms with Gasteiger partial charge in [-0.1, -0.05) is 11.6 Å². The largest absolute Gasteiger partial charge is 0.494 e. The van der Waals surface area contributed by atoms with E-state index in [1.807, 2.05) is 6.92 Å². The zero-order chi connectivity index (χ0) is 18.6. The SMILES string of the molecule is CCOc1ccc(N(C(C)C(=O)O)S(=O)(=O)c2ccc(Cl)cc2)cc1. The van der Waals surface area contributed by atoms with Crippen molar-refractivity contribution in [3.63, 3.8) is 0 Å². The van der Waals surface area contributed by atoms with Crippen LogP contribution >= 0.6 is 11.6 Å². The van der Waals surface area contributed by atoms with Crippen LogP contribution in [0.15, 0.2) is 53.4 Å². The molecule has 1 N–H and O–H groups in total. The fourth-order valence-corrected chi connectivity index (χ4v) is 3.99. The van der Waals surface area contributed by atoms with E-state index in [0.717, 1.165) is 4.31 Å². The molecule has 0 heterocycles. The Balaban J connectivity index is 2.52. The smallest absolute Gasteiger partial charge is 0.327 e. The molecule has 0 saturated carbocycles. The molecule has 2 rings (SSSR count). The molecular weight excluding hydrogens is 366 g/mol. The fourth-order valence-electron chi connectivity index (χ4n) is 2.25. The lowest BCUT2D eigenvalue weighted by molar-refractivity contribution is -0.137. The molecule has 0 saturated heterocycles. The van der Waals surface area contributed by atoms with Gasteiger partial charge >= 0.3 is 5.97 Å². The molecule has 134 valence electrons. The van der Waals surface area contributed by atoms with Gasteiger partial charge in [-0.2, -0.15) is 0 Å². The summed E-state index contributed by atoms with van der Waals surface area (Å²) in [4.78, 5) is 11.4. The first-order valence-electron chi connectivity index (χ1n) is 7.53. The van der Waals surface area contributed by atoms with Crippen molar-refractivity contribution in [3.8, 4) is 5.75 Å². The number of ether oxygens (including phenoxy) is 1. The van der Waals surface area contributed by atoms with Gasteiger partial charge in [0, 0.05) is 5.02 Å². The van der Waals surface area contributed by atoms with Crippen molar-refractivity contribution in [2.45, 2.75) is 24.8 Å². The second-order valence-corrected chi connectivity index (χ2v) is 7.45. The predicted molar refractivity (Wildman–Crippen MR) is 95.8 cm³/mol. The van der Waals surface area contributed by atoms with E-state index >= 15 is 0 Å². The quantitative estimate of drug-likeness (QED) is 0.792. The second-order valence-electron chi connectivity index (χ2n) is 5.20. The van der Waals surface area contributed by atoms with Crippen LogP contribution in [-0.2, 0) is 14.8 Å². The van der Waals surface area contributed by atoms with Crippen LogP contribution in [0, 0.1) is 0 Å². The second kappa shape index (κ2) is 7.76. The van der Waals surface area contributed by atoms with Crippen LogP contribution in [0.4, 0.5) is 5.69 Å². The number of benzene rings is 2. The average molecular weight is 384 g/mol. The molecule has 2 aromatic carbocycles. The number of anilines is 1. The maximum absolute atomic E-state index is 13.0. The molecule has 0 spiro atoms.